The summed E-state index contributed by atoms with van der Waals surface area (Å²) in [5.41, 5.74) is 7.83. The van der Waals surface area contributed by atoms with Crippen LogP contribution in [-0.4, -0.2) is 22.8 Å². The number of benzene rings is 1. The minimum Gasteiger partial charge on any atom is -0.486 e. The Kier molecular flexibility index (Phi) is 3.03. The van der Waals surface area contributed by atoms with E-state index in [4.69, 9.17) is 15.2 Å². The third kappa shape index (κ3) is 2.23. The standard InChI is InChI=1S/C14H17N3O2/c1-2-14-16-3-4-17(14)9-10-7-12-13(8-11(10)15)19-6-5-18-12/h3-4,7-8H,2,5-6,9,15H2,1H3. The monoisotopic (exact) mass is 259 g/mol. The van der Waals surface area contributed by atoms with E-state index in [1.165, 1.54) is 0 Å². The number of hydrogen-bond donors (Lipinski definition) is 1. The molecule has 19 heavy (non-hydrogen) atoms. The molecule has 2 N–H and O–H groups in total. The first-order valence-electron chi connectivity index (χ1n) is 6.46. The van der Waals surface area contributed by atoms with Gasteiger partial charge in [-0.3, -0.25) is 0 Å². The van der Waals surface area contributed by atoms with Gasteiger partial charge in [0.15, 0.2) is 11.5 Å². The predicted molar refractivity (Wildman–Crippen MR) is 72.6 cm³/mol. The first-order valence-corrected chi connectivity index (χ1v) is 6.46. The number of anilines is 1. The lowest BCUT2D eigenvalue weighted by atomic mass is 10.1. The smallest absolute Gasteiger partial charge is 0.163 e. The molecular weight excluding hydrogens is 242 g/mol. The molecule has 0 saturated carbocycles. The SMILES string of the molecule is CCc1nccn1Cc1cc2c(cc1N)OCCO2. The third-order valence-corrected chi connectivity index (χ3v) is 3.26. The van der Waals surface area contributed by atoms with Crippen LogP contribution in [0.25, 0.3) is 0 Å². The van der Waals surface area contributed by atoms with E-state index >= 15 is 0 Å². The van der Waals surface area contributed by atoms with Crippen LogP contribution in [-0.2, 0) is 13.0 Å². The molecule has 0 saturated heterocycles. The van der Waals surface area contributed by atoms with Crippen molar-refractivity contribution in [3.63, 3.8) is 0 Å². The lowest BCUT2D eigenvalue weighted by Crippen LogP contribution is -2.16. The highest BCUT2D eigenvalue weighted by molar-refractivity contribution is 5.58. The molecule has 5 nitrogen and oxygen atoms in total. The van der Waals surface area contributed by atoms with Gasteiger partial charge >= 0.3 is 0 Å². The fourth-order valence-electron chi connectivity index (χ4n) is 2.27. The number of imidazole rings is 1. The van der Waals surface area contributed by atoms with Crippen LogP contribution in [0.3, 0.4) is 0 Å². The van der Waals surface area contributed by atoms with Crippen LogP contribution in [0.4, 0.5) is 5.69 Å². The number of ether oxygens (including phenoxy) is 2. The van der Waals surface area contributed by atoms with Crippen molar-refractivity contribution in [3.8, 4) is 11.5 Å². The Morgan fingerprint density at radius 2 is 2.00 bits per heavy atom. The van der Waals surface area contributed by atoms with Gasteiger partial charge < -0.3 is 19.8 Å². The normalized spacial score (nSPS) is 13.5. The molecule has 1 aliphatic rings. The average molecular weight is 259 g/mol. The van der Waals surface area contributed by atoms with E-state index in [0.29, 0.717) is 19.8 Å². The Balaban J connectivity index is 1.92. The van der Waals surface area contributed by atoms with Gasteiger partial charge in [0, 0.05) is 30.6 Å². The van der Waals surface area contributed by atoms with E-state index < -0.39 is 0 Å². The van der Waals surface area contributed by atoms with Crippen LogP contribution < -0.4 is 15.2 Å². The van der Waals surface area contributed by atoms with E-state index in [2.05, 4.69) is 16.5 Å². The second-order valence-corrected chi connectivity index (χ2v) is 4.52. The zero-order valence-corrected chi connectivity index (χ0v) is 10.9. The van der Waals surface area contributed by atoms with Crippen LogP contribution >= 0.6 is 0 Å². The molecule has 2 heterocycles. The van der Waals surface area contributed by atoms with Crippen LogP contribution in [0.1, 0.15) is 18.3 Å². The summed E-state index contributed by atoms with van der Waals surface area (Å²) in [6, 6.07) is 3.80. The van der Waals surface area contributed by atoms with E-state index in [1.807, 2.05) is 24.5 Å². The second kappa shape index (κ2) is 4.84. The van der Waals surface area contributed by atoms with E-state index in [-0.39, 0.29) is 0 Å². The summed E-state index contributed by atoms with van der Waals surface area (Å²) >= 11 is 0. The summed E-state index contributed by atoms with van der Waals surface area (Å²) in [6.07, 6.45) is 4.68. The number of nitrogens with zero attached hydrogens (tertiary/aromatic N) is 2. The molecule has 5 heteroatoms. The molecule has 0 bridgehead atoms. The molecule has 0 radical (unpaired) electrons. The molecule has 0 amide bonds. The molecule has 100 valence electrons. The number of nitrogen functional groups attached to an aromatic ring is 1. The van der Waals surface area contributed by atoms with Gasteiger partial charge in [-0.05, 0) is 11.6 Å². The van der Waals surface area contributed by atoms with Gasteiger partial charge in [0.2, 0.25) is 0 Å². The molecule has 0 atom stereocenters. The van der Waals surface area contributed by atoms with Gasteiger partial charge in [-0.15, -0.1) is 0 Å². The summed E-state index contributed by atoms with van der Waals surface area (Å²) in [5, 5.41) is 0. The van der Waals surface area contributed by atoms with Gasteiger partial charge in [0.1, 0.15) is 19.0 Å². The number of aromatic nitrogens is 2. The van der Waals surface area contributed by atoms with Crippen LogP contribution in [0.15, 0.2) is 24.5 Å². The topological polar surface area (TPSA) is 62.3 Å². The largest absolute Gasteiger partial charge is 0.486 e. The summed E-state index contributed by atoms with van der Waals surface area (Å²) < 4.78 is 13.2. The van der Waals surface area contributed by atoms with Crippen molar-refractivity contribution < 1.29 is 9.47 Å². The van der Waals surface area contributed by atoms with Crippen molar-refractivity contribution in [3.05, 3.63) is 35.9 Å². The molecular formula is C14H17N3O2. The number of fused-ring (bicyclic) bond motifs is 1. The van der Waals surface area contributed by atoms with E-state index in [0.717, 1.165) is 35.0 Å². The van der Waals surface area contributed by atoms with Crippen LogP contribution in [0.2, 0.25) is 0 Å². The highest BCUT2D eigenvalue weighted by Crippen LogP contribution is 2.34. The average Bonchev–Trinajstić information content (AvgIpc) is 2.87. The van der Waals surface area contributed by atoms with Crippen molar-refractivity contribution >= 4 is 5.69 Å². The first-order chi connectivity index (χ1) is 9.28. The van der Waals surface area contributed by atoms with Crippen LogP contribution in [0.5, 0.6) is 11.5 Å². The minimum absolute atomic E-state index is 0.577. The zero-order valence-electron chi connectivity index (χ0n) is 10.9. The maximum Gasteiger partial charge on any atom is 0.163 e. The first kappa shape index (κ1) is 11.9. The number of hydrogen-bond acceptors (Lipinski definition) is 4. The van der Waals surface area contributed by atoms with E-state index in [1.54, 1.807) is 0 Å². The van der Waals surface area contributed by atoms with Crippen LogP contribution in [0, 0.1) is 0 Å². The Morgan fingerprint density at radius 1 is 1.26 bits per heavy atom. The highest BCUT2D eigenvalue weighted by atomic mass is 16.6. The molecule has 0 unspecified atom stereocenters. The quantitative estimate of drug-likeness (QED) is 0.854. The Morgan fingerprint density at radius 3 is 2.74 bits per heavy atom. The second-order valence-electron chi connectivity index (χ2n) is 4.52. The lowest BCUT2D eigenvalue weighted by Gasteiger charge is -2.20. The Hall–Kier alpha value is -2.17. The van der Waals surface area contributed by atoms with Crippen molar-refractivity contribution in [1.82, 2.24) is 9.55 Å². The highest BCUT2D eigenvalue weighted by Gasteiger charge is 2.15. The fraction of sp³-hybridized carbons (Fsp3) is 0.357. The van der Waals surface area contributed by atoms with Gasteiger partial charge in [0.05, 0.1) is 6.54 Å². The van der Waals surface area contributed by atoms with Crippen molar-refractivity contribution in [2.24, 2.45) is 0 Å². The number of nitrogens with two attached hydrogens (primary N) is 1. The summed E-state index contributed by atoms with van der Waals surface area (Å²) in [7, 11) is 0. The summed E-state index contributed by atoms with van der Waals surface area (Å²) in [5.74, 6) is 2.55. The van der Waals surface area contributed by atoms with Gasteiger partial charge in [0.25, 0.3) is 0 Å². The lowest BCUT2D eigenvalue weighted by molar-refractivity contribution is 0.171. The Labute approximate surface area is 112 Å². The molecule has 2 aromatic rings. The molecule has 1 aliphatic heterocycles. The zero-order chi connectivity index (χ0) is 13.2. The molecule has 0 spiro atoms. The molecule has 0 fully saturated rings. The third-order valence-electron chi connectivity index (χ3n) is 3.26. The van der Waals surface area contributed by atoms with Crippen molar-refractivity contribution in [2.45, 2.75) is 19.9 Å². The maximum absolute atomic E-state index is 6.08. The van der Waals surface area contributed by atoms with Gasteiger partial charge in [-0.2, -0.15) is 0 Å². The number of aryl methyl sites for hydroxylation is 1. The summed E-state index contributed by atoms with van der Waals surface area (Å²) in [6.45, 7) is 3.95. The van der Waals surface area contributed by atoms with Crippen molar-refractivity contribution in [1.29, 1.82) is 0 Å². The van der Waals surface area contributed by atoms with E-state index in [9.17, 15) is 0 Å². The molecule has 1 aromatic carbocycles. The summed E-state index contributed by atoms with van der Waals surface area (Å²) in [4.78, 5) is 4.31. The molecule has 0 aliphatic carbocycles. The Bertz CT molecular complexity index is 592. The fourth-order valence-corrected chi connectivity index (χ4v) is 2.27. The van der Waals surface area contributed by atoms with Crippen molar-refractivity contribution in [2.75, 3.05) is 18.9 Å². The van der Waals surface area contributed by atoms with Gasteiger partial charge in [-0.1, -0.05) is 6.92 Å². The maximum atomic E-state index is 6.08. The minimum atomic E-state index is 0.577. The van der Waals surface area contributed by atoms with Gasteiger partial charge in [-0.25, -0.2) is 4.98 Å². The molecule has 3 rings (SSSR count). The predicted octanol–water partition coefficient (Wildman–Crippen LogP) is 1.85. The number of rotatable bonds is 3. The molecule has 1 aromatic heterocycles.